The van der Waals surface area contributed by atoms with Gasteiger partial charge in [0.2, 0.25) is 18.2 Å². The summed E-state index contributed by atoms with van der Waals surface area (Å²) >= 11 is 6.11. The Labute approximate surface area is 164 Å². The maximum Gasteiger partial charge on any atom is 0.227 e. The third-order valence-corrected chi connectivity index (χ3v) is 6.07. The molecule has 0 radical (unpaired) electrons. The van der Waals surface area contributed by atoms with Gasteiger partial charge in [0.15, 0.2) is 0 Å². The van der Waals surface area contributed by atoms with Crippen LogP contribution in [0.15, 0.2) is 18.2 Å². The van der Waals surface area contributed by atoms with Gasteiger partial charge in [-0.25, -0.2) is 0 Å². The second-order valence-electron chi connectivity index (χ2n) is 7.47. The molecule has 0 aromatic heterocycles. The smallest absolute Gasteiger partial charge is 0.227 e. The number of carbonyl (C=O) groups excluding carboxylic acids is 3. The number of piperazine rings is 1. The molecule has 27 heavy (non-hydrogen) atoms. The normalized spacial score (nSPS) is 23.0. The number of nitrogens with one attached hydrogen (secondary N) is 1. The van der Waals surface area contributed by atoms with Crippen LogP contribution in [-0.4, -0.2) is 54.2 Å². The van der Waals surface area contributed by atoms with Crippen LogP contribution >= 0.6 is 11.6 Å². The Morgan fingerprint density at radius 3 is 2.30 bits per heavy atom. The monoisotopic (exact) mass is 391 g/mol. The molecular weight excluding hydrogens is 366 g/mol. The van der Waals surface area contributed by atoms with Gasteiger partial charge in [-0.15, -0.1) is 0 Å². The highest BCUT2D eigenvalue weighted by molar-refractivity contribution is 6.31. The van der Waals surface area contributed by atoms with Gasteiger partial charge in [0, 0.05) is 48.7 Å². The van der Waals surface area contributed by atoms with Crippen LogP contribution in [0.2, 0.25) is 5.02 Å². The molecule has 1 heterocycles. The summed E-state index contributed by atoms with van der Waals surface area (Å²) in [4.78, 5) is 39.6. The Balaban J connectivity index is 1.48. The van der Waals surface area contributed by atoms with E-state index in [1.54, 1.807) is 11.0 Å². The molecule has 1 saturated carbocycles. The van der Waals surface area contributed by atoms with Crippen LogP contribution in [0.3, 0.4) is 0 Å². The molecular formula is C20H26ClN3O3. The van der Waals surface area contributed by atoms with Crippen molar-refractivity contribution in [2.45, 2.75) is 32.6 Å². The third kappa shape index (κ3) is 4.80. The van der Waals surface area contributed by atoms with E-state index < -0.39 is 0 Å². The zero-order chi connectivity index (χ0) is 19.4. The van der Waals surface area contributed by atoms with E-state index in [2.05, 4.69) is 5.32 Å². The van der Waals surface area contributed by atoms with E-state index in [4.69, 9.17) is 11.6 Å². The number of benzene rings is 1. The summed E-state index contributed by atoms with van der Waals surface area (Å²) in [7, 11) is 0. The maximum atomic E-state index is 12.7. The van der Waals surface area contributed by atoms with Crippen LogP contribution < -0.4 is 5.32 Å². The van der Waals surface area contributed by atoms with Gasteiger partial charge in [-0.2, -0.15) is 0 Å². The lowest BCUT2D eigenvalue weighted by atomic mass is 9.80. The van der Waals surface area contributed by atoms with Crippen molar-refractivity contribution in [3.8, 4) is 0 Å². The van der Waals surface area contributed by atoms with Crippen molar-refractivity contribution in [3.05, 3.63) is 28.8 Å². The fourth-order valence-electron chi connectivity index (χ4n) is 3.82. The zero-order valence-corrected chi connectivity index (χ0v) is 16.4. The van der Waals surface area contributed by atoms with Crippen molar-refractivity contribution in [2.24, 2.45) is 11.8 Å². The Hall–Kier alpha value is -2.08. The van der Waals surface area contributed by atoms with E-state index in [9.17, 15) is 14.4 Å². The van der Waals surface area contributed by atoms with Crippen LogP contribution in [0.4, 0.5) is 5.69 Å². The summed E-state index contributed by atoms with van der Waals surface area (Å²) in [5.41, 5.74) is 1.68. The molecule has 6 nitrogen and oxygen atoms in total. The molecule has 3 amide bonds. The summed E-state index contributed by atoms with van der Waals surface area (Å²) in [6.45, 7) is 4.33. The first-order valence-corrected chi connectivity index (χ1v) is 9.91. The topological polar surface area (TPSA) is 69.7 Å². The summed E-state index contributed by atoms with van der Waals surface area (Å²) in [5.74, 6) is 0.0943. The van der Waals surface area contributed by atoms with E-state index in [1.165, 1.54) is 0 Å². The van der Waals surface area contributed by atoms with E-state index >= 15 is 0 Å². The van der Waals surface area contributed by atoms with Crippen molar-refractivity contribution < 1.29 is 14.4 Å². The van der Waals surface area contributed by atoms with Crippen LogP contribution in [-0.2, 0) is 14.4 Å². The summed E-state index contributed by atoms with van der Waals surface area (Å²) in [6.07, 6.45) is 3.75. The van der Waals surface area contributed by atoms with Crippen molar-refractivity contribution in [1.82, 2.24) is 9.80 Å². The molecule has 2 aliphatic rings. The van der Waals surface area contributed by atoms with Gasteiger partial charge >= 0.3 is 0 Å². The summed E-state index contributed by atoms with van der Waals surface area (Å²) in [5, 5.41) is 3.58. The lowest BCUT2D eigenvalue weighted by Gasteiger charge is -2.36. The number of hydrogen-bond acceptors (Lipinski definition) is 3. The van der Waals surface area contributed by atoms with Crippen LogP contribution in [0.25, 0.3) is 0 Å². The van der Waals surface area contributed by atoms with Crippen molar-refractivity contribution in [2.75, 3.05) is 31.5 Å². The SMILES string of the molecule is Cc1ccc(NC(=O)C2CCC(C(=O)N3CCN(C=O)CC3)CC2)cc1Cl. The van der Waals surface area contributed by atoms with Gasteiger partial charge in [-0.3, -0.25) is 14.4 Å². The van der Waals surface area contributed by atoms with Crippen molar-refractivity contribution >= 4 is 35.5 Å². The summed E-state index contributed by atoms with van der Waals surface area (Å²) in [6, 6.07) is 5.51. The Morgan fingerprint density at radius 1 is 1.07 bits per heavy atom. The minimum absolute atomic E-state index is 0.000385. The van der Waals surface area contributed by atoms with Gasteiger partial charge in [0.05, 0.1) is 0 Å². The molecule has 0 atom stereocenters. The van der Waals surface area contributed by atoms with E-state index in [-0.39, 0.29) is 23.7 Å². The highest BCUT2D eigenvalue weighted by Gasteiger charge is 2.33. The predicted octanol–water partition coefficient (Wildman–Crippen LogP) is 2.69. The first-order chi connectivity index (χ1) is 13.0. The number of carbonyl (C=O) groups is 3. The molecule has 1 aromatic rings. The molecule has 2 fully saturated rings. The molecule has 7 heteroatoms. The molecule has 0 bridgehead atoms. The van der Waals surface area contributed by atoms with Crippen molar-refractivity contribution in [3.63, 3.8) is 0 Å². The highest BCUT2D eigenvalue weighted by Crippen LogP contribution is 2.31. The zero-order valence-electron chi connectivity index (χ0n) is 15.6. The van der Waals surface area contributed by atoms with Gasteiger partial charge in [-0.1, -0.05) is 17.7 Å². The van der Waals surface area contributed by atoms with E-state index in [1.807, 2.05) is 24.0 Å². The average Bonchev–Trinajstić information content (AvgIpc) is 2.70. The van der Waals surface area contributed by atoms with E-state index in [0.717, 1.165) is 37.7 Å². The average molecular weight is 392 g/mol. The van der Waals surface area contributed by atoms with Gasteiger partial charge in [0.1, 0.15) is 0 Å². The number of rotatable bonds is 4. The fourth-order valence-corrected chi connectivity index (χ4v) is 4.00. The van der Waals surface area contributed by atoms with Crippen molar-refractivity contribution in [1.29, 1.82) is 0 Å². The predicted molar refractivity (Wildman–Crippen MR) is 104 cm³/mol. The lowest BCUT2D eigenvalue weighted by Crippen LogP contribution is -2.50. The minimum Gasteiger partial charge on any atom is -0.342 e. The number of halogens is 1. The first-order valence-electron chi connectivity index (χ1n) is 9.53. The summed E-state index contributed by atoms with van der Waals surface area (Å²) < 4.78 is 0. The molecule has 3 rings (SSSR count). The molecule has 0 unspecified atom stereocenters. The molecule has 0 spiro atoms. The van der Waals surface area contributed by atoms with Gasteiger partial charge < -0.3 is 15.1 Å². The van der Waals surface area contributed by atoms with Crippen LogP contribution in [0.1, 0.15) is 31.2 Å². The van der Waals surface area contributed by atoms with Crippen LogP contribution in [0, 0.1) is 18.8 Å². The van der Waals surface area contributed by atoms with E-state index in [0.29, 0.717) is 36.9 Å². The first kappa shape index (κ1) is 19.7. The Bertz CT molecular complexity index is 708. The second-order valence-corrected chi connectivity index (χ2v) is 7.88. The molecule has 1 saturated heterocycles. The molecule has 146 valence electrons. The third-order valence-electron chi connectivity index (χ3n) is 5.66. The standard InChI is InChI=1S/C20H26ClN3O3/c1-14-2-7-17(12-18(14)21)22-19(26)15-3-5-16(6-4-15)20(27)24-10-8-23(13-25)9-11-24/h2,7,12-13,15-16H,3-6,8-11H2,1H3,(H,22,26). The van der Waals surface area contributed by atoms with Gasteiger partial charge in [-0.05, 0) is 50.3 Å². The number of aryl methyl sites for hydroxylation is 1. The number of hydrogen-bond donors (Lipinski definition) is 1. The molecule has 1 N–H and O–H groups in total. The number of nitrogens with zero attached hydrogens (tertiary/aromatic N) is 2. The lowest BCUT2D eigenvalue weighted by molar-refractivity contribution is -0.140. The maximum absolute atomic E-state index is 12.7. The Kier molecular flexibility index (Phi) is 6.37. The fraction of sp³-hybridized carbons (Fsp3) is 0.550. The molecule has 1 aromatic carbocycles. The second kappa shape index (κ2) is 8.74. The highest BCUT2D eigenvalue weighted by atomic mass is 35.5. The molecule has 1 aliphatic carbocycles. The quantitative estimate of drug-likeness (QED) is 0.802. The minimum atomic E-state index is -0.0685. The Morgan fingerprint density at radius 2 is 1.70 bits per heavy atom. The number of anilines is 1. The van der Waals surface area contributed by atoms with Gasteiger partial charge in [0.25, 0.3) is 0 Å². The number of amides is 3. The molecule has 1 aliphatic heterocycles. The largest absolute Gasteiger partial charge is 0.342 e. The van der Waals surface area contributed by atoms with Crippen LogP contribution in [0.5, 0.6) is 0 Å².